The first-order chi connectivity index (χ1) is 6.11. The van der Waals surface area contributed by atoms with Gasteiger partial charge in [0.05, 0.1) is 5.52 Å². The summed E-state index contributed by atoms with van der Waals surface area (Å²) in [6, 6.07) is 0. The standard InChI is InChI=1S/C8H5ClFIN2/c1-13-3-5(11)4-2-12-8(9)6(10)7(4)13/h2-3H,1H3. The molecule has 0 radical (unpaired) electrons. The molecule has 0 saturated carbocycles. The maximum Gasteiger partial charge on any atom is 0.184 e. The van der Waals surface area contributed by atoms with Crippen LogP contribution in [0.3, 0.4) is 0 Å². The van der Waals surface area contributed by atoms with E-state index < -0.39 is 5.82 Å². The van der Waals surface area contributed by atoms with Gasteiger partial charge in [0, 0.05) is 28.4 Å². The van der Waals surface area contributed by atoms with Crippen molar-refractivity contribution in [2.45, 2.75) is 0 Å². The Balaban J connectivity index is 2.98. The fourth-order valence-electron chi connectivity index (χ4n) is 1.28. The van der Waals surface area contributed by atoms with Gasteiger partial charge in [-0.15, -0.1) is 0 Å². The van der Waals surface area contributed by atoms with Crippen molar-refractivity contribution in [1.29, 1.82) is 0 Å². The molecule has 0 aliphatic rings. The molecule has 0 bridgehead atoms. The topological polar surface area (TPSA) is 17.8 Å². The van der Waals surface area contributed by atoms with Crippen molar-refractivity contribution < 1.29 is 4.39 Å². The second-order valence-corrected chi connectivity index (χ2v) is 4.23. The Hall–Kier alpha value is -0.360. The highest BCUT2D eigenvalue weighted by Gasteiger charge is 2.12. The second-order valence-electron chi connectivity index (χ2n) is 2.71. The van der Waals surface area contributed by atoms with E-state index in [0.717, 1.165) is 8.96 Å². The highest BCUT2D eigenvalue weighted by atomic mass is 127. The van der Waals surface area contributed by atoms with E-state index >= 15 is 0 Å². The first kappa shape index (κ1) is 9.21. The van der Waals surface area contributed by atoms with Crippen molar-refractivity contribution in [3.05, 3.63) is 26.9 Å². The van der Waals surface area contributed by atoms with Crippen molar-refractivity contribution in [2.24, 2.45) is 7.05 Å². The summed E-state index contributed by atoms with van der Waals surface area (Å²) in [5, 5.41) is 0.718. The molecule has 0 unspecified atom stereocenters. The van der Waals surface area contributed by atoms with Crippen LogP contribution in [0.4, 0.5) is 4.39 Å². The van der Waals surface area contributed by atoms with E-state index in [-0.39, 0.29) is 5.15 Å². The van der Waals surface area contributed by atoms with Crippen LogP contribution in [0.2, 0.25) is 5.15 Å². The Morgan fingerprint density at radius 2 is 2.31 bits per heavy atom. The van der Waals surface area contributed by atoms with E-state index in [1.165, 1.54) is 0 Å². The minimum absolute atomic E-state index is 0.0786. The zero-order valence-electron chi connectivity index (χ0n) is 6.68. The lowest BCUT2D eigenvalue weighted by atomic mass is 10.3. The Bertz CT molecular complexity index is 480. The Labute approximate surface area is 92.8 Å². The maximum absolute atomic E-state index is 13.5. The molecule has 0 saturated heterocycles. The van der Waals surface area contributed by atoms with E-state index in [4.69, 9.17) is 11.6 Å². The lowest BCUT2D eigenvalue weighted by molar-refractivity contribution is 0.626. The molecule has 0 fully saturated rings. The van der Waals surface area contributed by atoms with Crippen LogP contribution in [-0.4, -0.2) is 9.55 Å². The maximum atomic E-state index is 13.5. The normalized spacial score (nSPS) is 11.1. The van der Waals surface area contributed by atoms with Crippen molar-refractivity contribution in [3.8, 4) is 0 Å². The molecule has 68 valence electrons. The largest absolute Gasteiger partial charge is 0.347 e. The molecule has 0 spiro atoms. The molecule has 13 heavy (non-hydrogen) atoms. The summed E-state index contributed by atoms with van der Waals surface area (Å²) in [6.07, 6.45) is 3.43. The van der Waals surface area contributed by atoms with Gasteiger partial charge in [0.1, 0.15) is 0 Å². The van der Waals surface area contributed by atoms with Crippen LogP contribution in [0.5, 0.6) is 0 Å². The van der Waals surface area contributed by atoms with E-state index in [9.17, 15) is 4.39 Å². The van der Waals surface area contributed by atoms with E-state index in [2.05, 4.69) is 27.6 Å². The van der Waals surface area contributed by atoms with Crippen LogP contribution in [0, 0.1) is 9.39 Å². The van der Waals surface area contributed by atoms with Gasteiger partial charge in [-0.1, -0.05) is 11.6 Å². The van der Waals surface area contributed by atoms with Crippen LogP contribution < -0.4 is 0 Å². The van der Waals surface area contributed by atoms with Crippen molar-refractivity contribution in [1.82, 2.24) is 9.55 Å². The number of hydrogen-bond donors (Lipinski definition) is 0. The van der Waals surface area contributed by atoms with Crippen molar-refractivity contribution >= 4 is 45.1 Å². The van der Waals surface area contributed by atoms with E-state index in [1.54, 1.807) is 17.8 Å². The first-order valence-electron chi connectivity index (χ1n) is 3.56. The van der Waals surface area contributed by atoms with Gasteiger partial charge in [0.25, 0.3) is 0 Å². The minimum atomic E-state index is -0.454. The zero-order chi connectivity index (χ0) is 9.59. The van der Waals surface area contributed by atoms with Crippen LogP contribution in [0.1, 0.15) is 0 Å². The summed E-state index contributed by atoms with van der Waals surface area (Å²) in [5.41, 5.74) is 0.504. The third-order valence-electron chi connectivity index (χ3n) is 1.87. The molecule has 2 aromatic heterocycles. The molecule has 0 aromatic carbocycles. The number of nitrogens with zero attached hydrogens (tertiary/aromatic N) is 2. The summed E-state index contributed by atoms with van der Waals surface area (Å²) >= 11 is 7.70. The van der Waals surface area contributed by atoms with E-state index in [1.807, 2.05) is 6.20 Å². The van der Waals surface area contributed by atoms with Gasteiger partial charge in [0.15, 0.2) is 11.0 Å². The SMILES string of the molecule is Cn1cc(I)c2cnc(Cl)c(F)c21. The summed E-state index contributed by atoms with van der Waals surface area (Å²) in [4.78, 5) is 3.75. The van der Waals surface area contributed by atoms with Crippen LogP contribution in [0.15, 0.2) is 12.4 Å². The highest BCUT2D eigenvalue weighted by molar-refractivity contribution is 14.1. The minimum Gasteiger partial charge on any atom is -0.347 e. The van der Waals surface area contributed by atoms with Crippen molar-refractivity contribution in [3.63, 3.8) is 0 Å². The van der Waals surface area contributed by atoms with Gasteiger partial charge < -0.3 is 4.57 Å². The molecule has 2 nitrogen and oxygen atoms in total. The molecular weight excluding hydrogens is 305 g/mol. The lowest BCUT2D eigenvalue weighted by Crippen LogP contribution is -1.90. The van der Waals surface area contributed by atoms with Crippen LogP contribution in [0.25, 0.3) is 10.9 Å². The predicted octanol–water partition coefficient (Wildman–Crippen LogP) is 2.97. The molecule has 0 amide bonds. The average Bonchev–Trinajstić information content (AvgIpc) is 2.35. The summed E-state index contributed by atoms with van der Waals surface area (Å²) in [6.45, 7) is 0. The lowest BCUT2D eigenvalue weighted by Gasteiger charge is -1.98. The molecule has 2 rings (SSSR count). The zero-order valence-corrected chi connectivity index (χ0v) is 9.60. The van der Waals surface area contributed by atoms with Gasteiger partial charge in [-0.05, 0) is 22.6 Å². The molecule has 0 aliphatic heterocycles. The van der Waals surface area contributed by atoms with Crippen molar-refractivity contribution in [2.75, 3.05) is 0 Å². The fourth-order valence-corrected chi connectivity index (χ4v) is 2.23. The molecular formula is C8H5ClFIN2. The molecule has 2 aromatic rings. The van der Waals surface area contributed by atoms with Gasteiger partial charge in [-0.25, -0.2) is 9.37 Å². The number of aromatic nitrogens is 2. The number of aryl methyl sites for hydroxylation is 1. The molecule has 0 aliphatic carbocycles. The Kier molecular flexibility index (Phi) is 2.19. The number of fused-ring (bicyclic) bond motifs is 1. The van der Waals surface area contributed by atoms with Crippen LogP contribution in [-0.2, 0) is 7.05 Å². The van der Waals surface area contributed by atoms with Crippen LogP contribution >= 0.6 is 34.2 Å². The quantitative estimate of drug-likeness (QED) is 0.540. The Morgan fingerprint density at radius 3 is 3.00 bits per heavy atom. The second kappa shape index (κ2) is 3.09. The van der Waals surface area contributed by atoms with Gasteiger partial charge >= 0.3 is 0 Å². The third kappa shape index (κ3) is 1.32. The summed E-state index contributed by atoms with van der Waals surface area (Å²) in [5.74, 6) is -0.454. The average molecular weight is 310 g/mol. The third-order valence-corrected chi connectivity index (χ3v) is 2.99. The predicted molar refractivity (Wildman–Crippen MR) is 58.4 cm³/mol. The molecule has 0 atom stereocenters. The number of pyridine rings is 1. The number of halogens is 3. The fraction of sp³-hybridized carbons (Fsp3) is 0.125. The van der Waals surface area contributed by atoms with Gasteiger partial charge in [0.2, 0.25) is 0 Å². The Morgan fingerprint density at radius 1 is 1.62 bits per heavy atom. The highest BCUT2D eigenvalue weighted by Crippen LogP contribution is 2.26. The molecule has 5 heteroatoms. The first-order valence-corrected chi connectivity index (χ1v) is 5.01. The molecule has 0 N–H and O–H groups in total. The van der Waals surface area contributed by atoms with Gasteiger partial charge in [-0.3, -0.25) is 0 Å². The molecule has 2 heterocycles. The summed E-state index contributed by atoms with van der Waals surface area (Å²) in [7, 11) is 1.78. The van der Waals surface area contributed by atoms with E-state index in [0.29, 0.717) is 5.52 Å². The number of rotatable bonds is 0. The monoisotopic (exact) mass is 310 g/mol. The summed E-state index contributed by atoms with van der Waals surface area (Å²) < 4.78 is 16.1. The van der Waals surface area contributed by atoms with Gasteiger partial charge in [-0.2, -0.15) is 0 Å². The number of hydrogen-bond acceptors (Lipinski definition) is 1. The smallest absolute Gasteiger partial charge is 0.184 e.